The van der Waals surface area contributed by atoms with Gasteiger partial charge in [-0.2, -0.15) is 0 Å². The van der Waals surface area contributed by atoms with Gasteiger partial charge in [-0.05, 0) is 68.1 Å². The zero-order chi connectivity index (χ0) is 15.5. The second kappa shape index (κ2) is 4.71. The molecule has 4 fully saturated rings. The lowest BCUT2D eigenvalue weighted by molar-refractivity contribution is -0.171. The van der Waals surface area contributed by atoms with Crippen LogP contribution in [0.1, 0.15) is 66.2 Å². The Bertz CT molecular complexity index is 428. The molecule has 4 unspecified atom stereocenters. The van der Waals surface area contributed by atoms with Crippen molar-refractivity contribution in [2.24, 2.45) is 28.1 Å². The quantitative estimate of drug-likeness (QED) is 0.836. The summed E-state index contributed by atoms with van der Waals surface area (Å²) in [6, 6.07) is 0.0520. The predicted molar refractivity (Wildman–Crippen MR) is 83.7 cm³/mol. The molecular formula is C18H31NO2. The lowest BCUT2D eigenvalue weighted by atomic mass is 9.40. The van der Waals surface area contributed by atoms with E-state index in [1.165, 1.54) is 19.3 Å². The normalized spacial score (nSPS) is 47.2. The van der Waals surface area contributed by atoms with Gasteiger partial charge in [0.25, 0.3) is 0 Å². The van der Waals surface area contributed by atoms with Crippen LogP contribution in [-0.2, 0) is 4.79 Å². The van der Waals surface area contributed by atoms with E-state index in [4.69, 9.17) is 0 Å². The van der Waals surface area contributed by atoms with Crippen LogP contribution in [0.2, 0.25) is 0 Å². The standard InChI is InChI=1S/C18H31NO2/c1-12(8-20)13(2)19-15(21)18-7-14-5-16(3,10-18)9-17(4,6-14)11-18/h12-14,20H,5-11H2,1-4H3,(H,19,21). The number of amides is 1. The molecular weight excluding hydrogens is 262 g/mol. The molecule has 4 atom stereocenters. The lowest BCUT2D eigenvalue weighted by Crippen LogP contribution is -2.61. The van der Waals surface area contributed by atoms with Crippen molar-refractivity contribution in [2.45, 2.75) is 72.3 Å². The van der Waals surface area contributed by atoms with E-state index in [1.54, 1.807) is 0 Å². The zero-order valence-corrected chi connectivity index (χ0v) is 14.0. The Hall–Kier alpha value is -0.570. The van der Waals surface area contributed by atoms with Crippen LogP contribution in [0.4, 0.5) is 0 Å². The number of carbonyl (C=O) groups is 1. The Labute approximate surface area is 128 Å². The van der Waals surface area contributed by atoms with Crippen molar-refractivity contribution < 1.29 is 9.90 Å². The van der Waals surface area contributed by atoms with E-state index < -0.39 is 0 Å². The molecule has 120 valence electrons. The van der Waals surface area contributed by atoms with Gasteiger partial charge < -0.3 is 10.4 Å². The Balaban J connectivity index is 1.79. The minimum atomic E-state index is -0.133. The Morgan fingerprint density at radius 2 is 1.71 bits per heavy atom. The van der Waals surface area contributed by atoms with Crippen molar-refractivity contribution >= 4 is 5.91 Å². The first-order valence-corrected chi connectivity index (χ1v) is 8.61. The summed E-state index contributed by atoms with van der Waals surface area (Å²) < 4.78 is 0. The van der Waals surface area contributed by atoms with Gasteiger partial charge in [0.05, 0.1) is 5.41 Å². The maximum atomic E-state index is 13.0. The molecule has 4 saturated carbocycles. The number of hydrogen-bond donors (Lipinski definition) is 2. The van der Waals surface area contributed by atoms with Gasteiger partial charge in [0.15, 0.2) is 0 Å². The van der Waals surface area contributed by atoms with E-state index in [-0.39, 0.29) is 29.9 Å². The highest BCUT2D eigenvalue weighted by molar-refractivity contribution is 5.83. The summed E-state index contributed by atoms with van der Waals surface area (Å²) >= 11 is 0. The third kappa shape index (κ3) is 2.52. The summed E-state index contributed by atoms with van der Waals surface area (Å²) in [5.41, 5.74) is 0.612. The molecule has 1 amide bonds. The number of aliphatic hydroxyl groups is 1. The fourth-order valence-electron chi connectivity index (χ4n) is 6.36. The molecule has 0 aromatic carbocycles. The average molecular weight is 293 g/mol. The van der Waals surface area contributed by atoms with Crippen LogP contribution in [-0.4, -0.2) is 23.7 Å². The molecule has 3 nitrogen and oxygen atoms in total. The molecule has 0 radical (unpaired) electrons. The van der Waals surface area contributed by atoms with Gasteiger partial charge in [-0.1, -0.05) is 20.8 Å². The summed E-state index contributed by atoms with van der Waals surface area (Å²) in [6.45, 7) is 8.94. The number of carbonyl (C=O) groups excluding carboxylic acids is 1. The van der Waals surface area contributed by atoms with Crippen LogP contribution in [0.15, 0.2) is 0 Å². The van der Waals surface area contributed by atoms with Crippen molar-refractivity contribution in [3.63, 3.8) is 0 Å². The second-order valence-electron chi connectivity index (χ2n) is 9.33. The Kier molecular flexibility index (Phi) is 3.44. The fraction of sp³-hybridized carbons (Fsp3) is 0.944. The third-order valence-electron chi connectivity index (χ3n) is 6.61. The van der Waals surface area contributed by atoms with Crippen molar-refractivity contribution in [1.82, 2.24) is 5.32 Å². The fourth-order valence-corrected chi connectivity index (χ4v) is 6.36. The summed E-state index contributed by atoms with van der Waals surface area (Å²) in [5, 5.41) is 12.5. The highest BCUT2D eigenvalue weighted by Gasteiger charge is 2.62. The van der Waals surface area contributed by atoms with E-state index in [2.05, 4.69) is 19.2 Å². The smallest absolute Gasteiger partial charge is 0.226 e. The van der Waals surface area contributed by atoms with Gasteiger partial charge in [-0.15, -0.1) is 0 Å². The molecule has 0 aliphatic heterocycles. The largest absolute Gasteiger partial charge is 0.396 e. The van der Waals surface area contributed by atoms with Crippen molar-refractivity contribution in [3.05, 3.63) is 0 Å². The molecule has 0 aromatic rings. The maximum Gasteiger partial charge on any atom is 0.226 e. The topological polar surface area (TPSA) is 49.3 Å². The van der Waals surface area contributed by atoms with Crippen molar-refractivity contribution in [3.8, 4) is 0 Å². The molecule has 4 aliphatic rings. The van der Waals surface area contributed by atoms with Crippen LogP contribution in [0.25, 0.3) is 0 Å². The number of rotatable bonds is 4. The monoisotopic (exact) mass is 293 g/mol. The molecule has 3 heteroatoms. The van der Waals surface area contributed by atoms with Crippen LogP contribution in [0, 0.1) is 28.1 Å². The van der Waals surface area contributed by atoms with Crippen molar-refractivity contribution in [1.29, 1.82) is 0 Å². The Morgan fingerprint density at radius 1 is 1.14 bits per heavy atom. The van der Waals surface area contributed by atoms with Gasteiger partial charge in [-0.3, -0.25) is 4.79 Å². The van der Waals surface area contributed by atoms with Gasteiger partial charge in [-0.25, -0.2) is 0 Å². The molecule has 4 bridgehead atoms. The molecule has 0 aromatic heterocycles. The molecule has 4 rings (SSSR count). The first kappa shape index (κ1) is 15.3. The molecule has 2 N–H and O–H groups in total. The summed E-state index contributed by atoms with van der Waals surface area (Å²) in [5.74, 6) is 1.12. The maximum absolute atomic E-state index is 13.0. The number of nitrogens with one attached hydrogen (secondary N) is 1. The second-order valence-corrected chi connectivity index (χ2v) is 9.33. The van der Waals surface area contributed by atoms with E-state index in [9.17, 15) is 9.90 Å². The minimum Gasteiger partial charge on any atom is -0.396 e. The van der Waals surface area contributed by atoms with Crippen molar-refractivity contribution in [2.75, 3.05) is 6.61 Å². The number of hydrogen-bond acceptors (Lipinski definition) is 2. The zero-order valence-electron chi connectivity index (χ0n) is 14.0. The van der Waals surface area contributed by atoms with E-state index in [1.807, 2.05) is 13.8 Å². The first-order valence-electron chi connectivity index (χ1n) is 8.61. The Morgan fingerprint density at radius 3 is 2.19 bits per heavy atom. The highest BCUT2D eigenvalue weighted by Crippen LogP contribution is 2.69. The van der Waals surface area contributed by atoms with E-state index >= 15 is 0 Å². The molecule has 4 aliphatic carbocycles. The number of aliphatic hydroxyl groups excluding tert-OH is 1. The van der Waals surface area contributed by atoms with E-state index in [0.717, 1.165) is 25.2 Å². The van der Waals surface area contributed by atoms with Crippen LogP contribution < -0.4 is 5.32 Å². The van der Waals surface area contributed by atoms with Gasteiger partial charge in [0.1, 0.15) is 0 Å². The average Bonchev–Trinajstić information content (AvgIpc) is 2.33. The summed E-state index contributed by atoms with van der Waals surface area (Å²) in [7, 11) is 0. The highest BCUT2D eigenvalue weighted by atomic mass is 16.3. The molecule has 0 heterocycles. The first-order chi connectivity index (χ1) is 9.69. The SMILES string of the molecule is CC(CO)C(C)NC(=O)C12CC3CC(C)(CC(C)(C3)C1)C2. The minimum absolute atomic E-state index is 0.0520. The third-order valence-corrected chi connectivity index (χ3v) is 6.61. The molecule has 0 saturated heterocycles. The van der Waals surface area contributed by atoms with Crippen LogP contribution in [0.5, 0.6) is 0 Å². The van der Waals surface area contributed by atoms with Crippen LogP contribution >= 0.6 is 0 Å². The van der Waals surface area contributed by atoms with Gasteiger partial charge in [0, 0.05) is 12.6 Å². The van der Waals surface area contributed by atoms with Crippen LogP contribution in [0.3, 0.4) is 0 Å². The molecule has 21 heavy (non-hydrogen) atoms. The van der Waals surface area contributed by atoms with E-state index in [0.29, 0.717) is 10.8 Å². The van der Waals surface area contributed by atoms with Gasteiger partial charge >= 0.3 is 0 Å². The van der Waals surface area contributed by atoms with Gasteiger partial charge in [0.2, 0.25) is 5.91 Å². The lowest BCUT2D eigenvalue weighted by Gasteiger charge is -2.64. The predicted octanol–water partition coefficient (Wildman–Crippen LogP) is 3.12. The molecule has 0 spiro atoms. The summed E-state index contributed by atoms with van der Waals surface area (Å²) in [6.07, 6.45) is 7.16. The summed E-state index contributed by atoms with van der Waals surface area (Å²) in [4.78, 5) is 13.0.